The minimum Gasteiger partial charge on any atom is -0.465 e. The predicted octanol–water partition coefficient (Wildman–Crippen LogP) is 12.6. The molecule has 0 aromatic heterocycles. The summed E-state index contributed by atoms with van der Waals surface area (Å²) in [5, 5.41) is 0. The summed E-state index contributed by atoms with van der Waals surface area (Å²) in [6.07, 6.45) is 27.5. The minimum absolute atomic E-state index is 0.0448. The Labute approximate surface area is 384 Å². The fourth-order valence-electron chi connectivity index (χ4n) is 7.38. The summed E-state index contributed by atoms with van der Waals surface area (Å²) in [7, 11) is 3.69. The molecule has 0 aliphatic carbocycles. The Morgan fingerprint density at radius 3 is 1.11 bits per heavy atom. The Kier molecular flexibility index (Phi) is 42.3. The van der Waals surface area contributed by atoms with Gasteiger partial charge in [-0.25, -0.2) is 9.59 Å². The number of rotatable bonds is 45. The van der Waals surface area contributed by atoms with Crippen molar-refractivity contribution in [1.82, 2.24) is 4.90 Å². The van der Waals surface area contributed by atoms with Crippen molar-refractivity contribution in [1.29, 1.82) is 0 Å². The number of likely N-dealkylation sites (N-methyl/N-ethyl adjacent to an activating group) is 1. The van der Waals surface area contributed by atoms with E-state index < -0.39 is 30.6 Å². The van der Waals surface area contributed by atoms with Crippen LogP contribution >= 0.6 is 0 Å². The maximum absolute atomic E-state index is 13.0. The predicted molar refractivity (Wildman–Crippen MR) is 251 cm³/mol. The summed E-state index contributed by atoms with van der Waals surface area (Å²) in [5.41, 5.74) is 0. The SMILES string of the molecule is CCCCCCCCC(CCCCCC)C(=O)OCCCCCOC(=O)OC(CC(=O)OCCN(C)C)C(=O)OCCCCCOC(=O)C(CCCCCC)CCCCCCCC. The summed E-state index contributed by atoms with van der Waals surface area (Å²) < 4.78 is 32.5. The van der Waals surface area contributed by atoms with E-state index in [4.69, 9.17) is 28.4 Å². The lowest BCUT2D eigenvalue weighted by Gasteiger charge is -2.17. The third kappa shape index (κ3) is 38.1. The molecule has 0 saturated carbocycles. The highest BCUT2D eigenvalue weighted by Crippen LogP contribution is 2.22. The molecule has 0 radical (unpaired) electrons. The molecular weight excluding hydrogens is 803 g/mol. The van der Waals surface area contributed by atoms with Crippen LogP contribution in [0.5, 0.6) is 0 Å². The number of unbranched alkanes of at least 4 members (excludes halogenated alkanes) is 20. The Balaban J connectivity index is 4.77. The number of ether oxygens (including phenoxy) is 6. The van der Waals surface area contributed by atoms with Gasteiger partial charge in [0.25, 0.3) is 0 Å². The molecule has 0 aromatic carbocycles. The second-order valence-corrected chi connectivity index (χ2v) is 17.8. The number of hydrogen-bond donors (Lipinski definition) is 0. The molecule has 63 heavy (non-hydrogen) atoms. The smallest absolute Gasteiger partial charge is 0.465 e. The van der Waals surface area contributed by atoms with Gasteiger partial charge < -0.3 is 33.3 Å². The molecule has 0 amide bonds. The number of hydrogen-bond acceptors (Lipinski definition) is 12. The van der Waals surface area contributed by atoms with Gasteiger partial charge in [-0.2, -0.15) is 0 Å². The maximum atomic E-state index is 13.0. The first kappa shape index (κ1) is 60.1. The van der Waals surface area contributed by atoms with Gasteiger partial charge >= 0.3 is 30.0 Å². The highest BCUT2D eigenvalue weighted by Gasteiger charge is 2.29. The summed E-state index contributed by atoms with van der Waals surface area (Å²) in [6, 6.07) is 0. The van der Waals surface area contributed by atoms with Gasteiger partial charge in [-0.15, -0.1) is 0 Å². The fourth-order valence-corrected chi connectivity index (χ4v) is 7.38. The van der Waals surface area contributed by atoms with Gasteiger partial charge in [0.15, 0.2) is 0 Å². The zero-order valence-corrected chi connectivity index (χ0v) is 41.3. The van der Waals surface area contributed by atoms with E-state index in [0.717, 1.165) is 89.9 Å². The summed E-state index contributed by atoms with van der Waals surface area (Å²) in [4.78, 5) is 65.9. The normalized spacial score (nSPS) is 12.7. The Hall–Kier alpha value is -2.89. The molecule has 0 aliphatic heterocycles. The Morgan fingerprint density at radius 1 is 0.381 bits per heavy atom. The van der Waals surface area contributed by atoms with Gasteiger partial charge in [0.05, 0.1) is 44.7 Å². The van der Waals surface area contributed by atoms with E-state index >= 15 is 0 Å². The zero-order chi connectivity index (χ0) is 46.6. The lowest BCUT2D eigenvalue weighted by atomic mass is 9.94. The molecular formula is C51H95NO11. The van der Waals surface area contributed by atoms with E-state index in [1.54, 1.807) is 0 Å². The lowest BCUT2D eigenvalue weighted by molar-refractivity contribution is -0.161. The Morgan fingerprint density at radius 2 is 0.714 bits per heavy atom. The first-order valence-electron chi connectivity index (χ1n) is 25.7. The molecule has 0 N–H and O–H groups in total. The maximum Gasteiger partial charge on any atom is 0.509 e. The van der Waals surface area contributed by atoms with E-state index in [9.17, 15) is 24.0 Å². The van der Waals surface area contributed by atoms with Crippen molar-refractivity contribution in [3.63, 3.8) is 0 Å². The second kappa shape index (κ2) is 44.3. The minimum atomic E-state index is -1.52. The average Bonchev–Trinajstić information content (AvgIpc) is 3.26. The van der Waals surface area contributed by atoms with E-state index in [-0.39, 0.29) is 43.6 Å². The molecule has 0 rings (SSSR count). The topological polar surface area (TPSA) is 144 Å². The van der Waals surface area contributed by atoms with Crippen molar-refractivity contribution >= 4 is 30.0 Å². The van der Waals surface area contributed by atoms with Gasteiger partial charge in [0.1, 0.15) is 6.61 Å². The summed E-state index contributed by atoms with van der Waals surface area (Å²) in [5.74, 6) is -1.86. The van der Waals surface area contributed by atoms with Crippen molar-refractivity contribution in [3.8, 4) is 0 Å². The van der Waals surface area contributed by atoms with E-state index in [2.05, 4.69) is 27.7 Å². The quantitative estimate of drug-likeness (QED) is 0.0326. The fraction of sp³-hybridized carbons (Fsp3) is 0.902. The highest BCUT2D eigenvalue weighted by atomic mass is 16.7. The van der Waals surface area contributed by atoms with Crippen LogP contribution in [0.3, 0.4) is 0 Å². The van der Waals surface area contributed by atoms with Crippen molar-refractivity contribution in [2.24, 2.45) is 11.8 Å². The second-order valence-electron chi connectivity index (χ2n) is 17.8. The van der Waals surface area contributed by atoms with Gasteiger partial charge in [-0.1, -0.05) is 156 Å². The van der Waals surface area contributed by atoms with Crippen molar-refractivity contribution in [3.05, 3.63) is 0 Å². The standard InChI is InChI=1S/C51H95NO11/c1-7-11-15-19-21-27-35-44(33-25-17-13-9-3)48(54)59-38-29-23-31-40-61-50(56)46(43-47(53)58-42-37-52(5)6)63-51(57)62-41-32-24-30-39-60-49(55)45(34-26-18-14-10-4)36-28-22-20-16-12-8-2/h44-46H,7-43H2,1-6H3. The van der Waals surface area contributed by atoms with Crippen LogP contribution in [0.15, 0.2) is 0 Å². The van der Waals surface area contributed by atoms with Crippen LogP contribution in [0, 0.1) is 11.8 Å². The van der Waals surface area contributed by atoms with E-state index in [0.29, 0.717) is 58.3 Å². The van der Waals surface area contributed by atoms with Gasteiger partial charge in [-0.3, -0.25) is 14.4 Å². The molecule has 0 aromatic rings. The number of esters is 4. The van der Waals surface area contributed by atoms with Crippen LogP contribution in [-0.4, -0.2) is 94.7 Å². The van der Waals surface area contributed by atoms with Crippen LogP contribution in [0.2, 0.25) is 0 Å². The molecule has 3 atom stereocenters. The molecule has 0 bridgehead atoms. The largest absolute Gasteiger partial charge is 0.509 e. The van der Waals surface area contributed by atoms with E-state index in [1.165, 1.54) is 64.2 Å². The summed E-state index contributed by atoms with van der Waals surface area (Å²) >= 11 is 0. The third-order valence-corrected chi connectivity index (χ3v) is 11.5. The van der Waals surface area contributed by atoms with Crippen LogP contribution < -0.4 is 0 Å². The summed E-state index contributed by atoms with van der Waals surface area (Å²) in [6.45, 7) is 10.1. The number of nitrogens with zero attached hydrogens (tertiary/aromatic N) is 1. The lowest BCUT2D eigenvalue weighted by Crippen LogP contribution is -2.33. The molecule has 0 heterocycles. The van der Waals surface area contributed by atoms with Gasteiger partial charge in [-0.05, 0) is 78.3 Å². The molecule has 12 heteroatoms. The van der Waals surface area contributed by atoms with Crippen molar-refractivity contribution < 1.29 is 52.4 Å². The monoisotopic (exact) mass is 898 g/mol. The van der Waals surface area contributed by atoms with Crippen LogP contribution in [0.1, 0.15) is 227 Å². The van der Waals surface area contributed by atoms with Gasteiger partial charge in [0.2, 0.25) is 6.10 Å². The molecule has 370 valence electrons. The Bertz CT molecular complexity index is 1120. The highest BCUT2D eigenvalue weighted by molar-refractivity contribution is 5.83. The van der Waals surface area contributed by atoms with Crippen molar-refractivity contribution in [2.75, 3.05) is 53.7 Å². The van der Waals surface area contributed by atoms with Crippen LogP contribution in [0.4, 0.5) is 4.79 Å². The molecule has 12 nitrogen and oxygen atoms in total. The van der Waals surface area contributed by atoms with Gasteiger partial charge in [0, 0.05) is 6.54 Å². The number of carbonyl (C=O) groups is 5. The van der Waals surface area contributed by atoms with Crippen LogP contribution in [0.25, 0.3) is 0 Å². The molecule has 0 fully saturated rings. The molecule has 0 saturated heterocycles. The number of carbonyl (C=O) groups excluding carboxylic acids is 5. The molecule has 0 aliphatic rings. The first-order valence-corrected chi connectivity index (χ1v) is 25.7. The zero-order valence-electron chi connectivity index (χ0n) is 41.3. The first-order chi connectivity index (χ1) is 30.6. The third-order valence-electron chi connectivity index (χ3n) is 11.5. The van der Waals surface area contributed by atoms with Crippen molar-refractivity contribution in [2.45, 2.75) is 233 Å². The van der Waals surface area contributed by atoms with E-state index in [1.807, 2.05) is 19.0 Å². The van der Waals surface area contributed by atoms with Crippen LogP contribution in [-0.2, 0) is 47.6 Å². The molecule has 0 spiro atoms. The molecule has 3 unspecified atom stereocenters. The average molecular weight is 898 g/mol.